The first-order valence-electron chi connectivity index (χ1n) is 6.44. The van der Waals surface area contributed by atoms with Crippen molar-refractivity contribution >= 4 is 23.3 Å². The van der Waals surface area contributed by atoms with Crippen LogP contribution in [-0.2, 0) is 13.0 Å². The molecular formula is C13H15ClN4O3. The summed E-state index contributed by atoms with van der Waals surface area (Å²) in [5.41, 5.74) is 0.580. The molecule has 8 heteroatoms. The molecule has 0 bridgehead atoms. The largest absolute Gasteiger partial charge is 0.408 e. The van der Waals surface area contributed by atoms with Crippen LogP contribution < -0.4 is 5.32 Å². The highest BCUT2D eigenvalue weighted by atomic mass is 35.5. The molecule has 2 aromatic rings. The highest BCUT2D eigenvalue weighted by Crippen LogP contribution is 2.25. The lowest BCUT2D eigenvalue weighted by molar-refractivity contribution is -0.384. The van der Waals surface area contributed by atoms with E-state index in [1.807, 2.05) is 0 Å². The Morgan fingerprint density at radius 1 is 1.43 bits per heavy atom. The molecular weight excluding hydrogens is 296 g/mol. The maximum Gasteiger partial charge on any atom is 0.315 e. The first-order valence-corrected chi connectivity index (χ1v) is 6.82. The number of hydrogen-bond acceptors (Lipinski definition) is 6. The number of benzene rings is 1. The average molecular weight is 311 g/mol. The van der Waals surface area contributed by atoms with Gasteiger partial charge in [-0.05, 0) is 17.5 Å². The third-order valence-electron chi connectivity index (χ3n) is 2.70. The molecule has 0 radical (unpaired) electrons. The summed E-state index contributed by atoms with van der Waals surface area (Å²) < 4.78 is 5.42. The number of nitrogens with one attached hydrogen (secondary N) is 1. The van der Waals surface area contributed by atoms with Crippen LogP contribution in [0, 0.1) is 16.0 Å². The summed E-state index contributed by atoms with van der Waals surface area (Å²) in [6.45, 7) is 4.45. The highest BCUT2D eigenvalue weighted by Gasteiger charge is 2.13. The Morgan fingerprint density at radius 2 is 2.19 bits per heavy atom. The predicted molar refractivity (Wildman–Crippen MR) is 78.3 cm³/mol. The van der Waals surface area contributed by atoms with Crippen LogP contribution in [0.15, 0.2) is 22.6 Å². The van der Waals surface area contributed by atoms with E-state index in [1.165, 1.54) is 12.1 Å². The summed E-state index contributed by atoms with van der Waals surface area (Å²) >= 11 is 5.76. The van der Waals surface area contributed by atoms with Gasteiger partial charge in [-0.2, -0.15) is 0 Å². The van der Waals surface area contributed by atoms with Crippen molar-refractivity contribution in [3.63, 3.8) is 0 Å². The second kappa shape index (κ2) is 6.53. The van der Waals surface area contributed by atoms with Gasteiger partial charge in [0.1, 0.15) is 5.02 Å². The van der Waals surface area contributed by atoms with Gasteiger partial charge in [0, 0.05) is 19.0 Å². The fourth-order valence-corrected chi connectivity index (χ4v) is 1.93. The molecule has 1 aromatic heterocycles. The Bertz CT molecular complexity index is 642. The quantitative estimate of drug-likeness (QED) is 0.648. The lowest BCUT2D eigenvalue weighted by Crippen LogP contribution is -2.00. The molecule has 0 saturated carbocycles. The van der Waals surface area contributed by atoms with Crippen molar-refractivity contribution in [3.05, 3.63) is 44.8 Å². The third kappa shape index (κ3) is 4.16. The van der Waals surface area contributed by atoms with Crippen LogP contribution in [0.5, 0.6) is 0 Å². The van der Waals surface area contributed by atoms with Crippen LogP contribution in [0.3, 0.4) is 0 Å². The number of anilines is 1. The fourth-order valence-electron chi connectivity index (χ4n) is 1.74. The van der Waals surface area contributed by atoms with Gasteiger partial charge in [-0.15, -0.1) is 5.10 Å². The third-order valence-corrected chi connectivity index (χ3v) is 3.02. The van der Waals surface area contributed by atoms with Crippen LogP contribution in [0.1, 0.15) is 25.3 Å². The molecule has 112 valence electrons. The molecule has 0 unspecified atom stereocenters. The van der Waals surface area contributed by atoms with Gasteiger partial charge in [0.25, 0.3) is 5.69 Å². The highest BCUT2D eigenvalue weighted by molar-refractivity contribution is 6.32. The van der Waals surface area contributed by atoms with Crippen LogP contribution in [0.2, 0.25) is 5.02 Å². The standard InChI is InChI=1S/C13H15ClN4O3/c1-8(2)5-12-16-17-13(21-12)15-7-9-3-4-10(14)11(6-9)18(19)20/h3-4,6,8H,5,7H2,1-2H3,(H,15,17). The Kier molecular flexibility index (Phi) is 4.74. The zero-order valence-corrected chi connectivity index (χ0v) is 12.4. The molecule has 0 spiro atoms. The van der Waals surface area contributed by atoms with E-state index in [-0.39, 0.29) is 10.7 Å². The van der Waals surface area contributed by atoms with E-state index < -0.39 is 4.92 Å². The van der Waals surface area contributed by atoms with E-state index in [2.05, 4.69) is 29.4 Å². The molecule has 0 fully saturated rings. The minimum Gasteiger partial charge on any atom is -0.408 e. The Morgan fingerprint density at radius 3 is 2.86 bits per heavy atom. The molecule has 1 heterocycles. The van der Waals surface area contributed by atoms with Gasteiger partial charge in [0.2, 0.25) is 5.89 Å². The van der Waals surface area contributed by atoms with Gasteiger partial charge < -0.3 is 9.73 Å². The van der Waals surface area contributed by atoms with Gasteiger partial charge in [-0.3, -0.25) is 10.1 Å². The van der Waals surface area contributed by atoms with E-state index in [0.29, 0.717) is 36.4 Å². The van der Waals surface area contributed by atoms with Crippen molar-refractivity contribution < 1.29 is 9.34 Å². The summed E-state index contributed by atoms with van der Waals surface area (Å²) in [6, 6.07) is 4.91. The summed E-state index contributed by atoms with van der Waals surface area (Å²) in [5.74, 6) is 0.992. The number of aromatic nitrogens is 2. The van der Waals surface area contributed by atoms with Gasteiger partial charge in [-0.1, -0.05) is 36.6 Å². The first kappa shape index (κ1) is 15.2. The summed E-state index contributed by atoms with van der Waals surface area (Å²) in [4.78, 5) is 10.3. The molecule has 1 aromatic carbocycles. The molecule has 0 saturated heterocycles. The van der Waals surface area contributed by atoms with Crippen molar-refractivity contribution in [2.24, 2.45) is 5.92 Å². The lowest BCUT2D eigenvalue weighted by atomic mass is 10.1. The molecule has 2 rings (SSSR count). The molecule has 0 amide bonds. The number of nitro groups is 1. The molecule has 7 nitrogen and oxygen atoms in total. The minimum atomic E-state index is -0.515. The van der Waals surface area contributed by atoms with Gasteiger partial charge in [-0.25, -0.2) is 0 Å². The number of nitro benzene ring substituents is 1. The molecule has 0 aliphatic heterocycles. The predicted octanol–water partition coefficient (Wildman–Crippen LogP) is 3.44. The van der Waals surface area contributed by atoms with E-state index in [9.17, 15) is 10.1 Å². The normalized spacial score (nSPS) is 10.9. The van der Waals surface area contributed by atoms with Gasteiger partial charge >= 0.3 is 6.01 Å². The maximum absolute atomic E-state index is 10.8. The second-order valence-electron chi connectivity index (χ2n) is 5.00. The van der Waals surface area contributed by atoms with Gasteiger partial charge in [0.15, 0.2) is 0 Å². The van der Waals surface area contributed by atoms with Crippen LogP contribution in [0.4, 0.5) is 11.7 Å². The monoisotopic (exact) mass is 310 g/mol. The van der Waals surface area contributed by atoms with E-state index in [4.69, 9.17) is 16.0 Å². The Balaban J connectivity index is 2.01. The SMILES string of the molecule is CC(C)Cc1nnc(NCc2ccc(Cl)c([N+](=O)[O-])c2)o1. The van der Waals surface area contributed by atoms with Crippen LogP contribution >= 0.6 is 11.6 Å². The molecule has 0 aliphatic carbocycles. The van der Waals surface area contributed by atoms with Crippen LogP contribution in [0.25, 0.3) is 0 Å². The second-order valence-corrected chi connectivity index (χ2v) is 5.40. The minimum absolute atomic E-state index is 0.112. The number of nitrogens with zero attached hydrogens (tertiary/aromatic N) is 3. The van der Waals surface area contributed by atoms with Crippen molar-refractivity contribution in [3.8, 4) is 0 Å². The zero-order valence-electron chi connectivity index (χ0n) is 11.7. The zero-order chi connectivity index (χ0) is 15.4. The molecule has 21 heavy (non-hydrogen) atoms. The Labute approximate surface area is 126 Å². The van der Waals surface area contributed by atoms with Gasteiger partial charge in [0.05, 0.1) is 4.92 Å². The van der Waals surface area contributed by atoms with Crippen LogP contribution in [-0.4, -0.2) is 15.1 Å². The average Bonchev–Trinajstić information content (AvgIpc) is 2.84. The summed E-state index contributed by atoms with van der Waals surface area (Å²) in [7, 11) is 0. The number of rotatable bonds is 6. The van der Waals surface area contributed by atoms with Crippen molar-refractivity contribution in [2.75, 3.05) is 5.32 Å². The molecule has 0 aliphatic rings. The van der Waals surface area contributed by atoms with E-state index in [1.54, 1.807) is 6.07 Å². The summed E-state index contributed by atoms with van der Waals surface area (Å²) in [5, 5.41) is 21.7. The van der Waals surface area contributed by atoms with E-state index in [0.717, 1.165) is 0 Å². The summed E-state index contributed by atoms with van der Waals surface area (Å²) in [6.07, 6.45) is 0.709. The Hall–Kier alpha value is -2.15. The fraction of sp³-hybridized carbons (Fsp3) is 0.385. The first-order chi connectivity index (χ1) is 9.95. The smallest absolute Gasteiger partial charge is 0.315 e. The van der Waals surface area contributed by atoms with Crippen molar-refractivity contribution in [1.29, 1.82) is 0 Å². The number of halogens is 1. The van der Waals surface area contributed by atoms with Crippen molar-refractivity contribution in [2.45, 2.75) is 26.8 Å². The lowest BCUT2D eigenvalue weighted by Gasteiger charge is -2.03. The molecule has 0 atom stereocenters. The maximum atomic E-state index is 10.8. The number of hydrogen-bond donors (Lipinski definition) is 1. The van der Waals surface area contributed by atoms with Crippen molar-refractivity contribution in [1.82, 2.24) is 10.2 Å². The molecule has 1 N–H and O–H groups in total. The topological polar surface area (TPSA) is 94.1 Å². The van der Waals surface area contributed by atoms with E-state index >= 15 is 0 Å².